The summed E-state index contributed by atoms with van der Waals surface area (Å²) in [7, 11) is 0. The van der Waals surface area contributed by atoms with Gasteiger partial charge in [0.1, 0.15) is 6.04 Å². The average Bonchev–Trinajstić information content (AvgIpc) is 3.38. The molecule has 184 valence electrons. The number of nitro groups is 1. The van der Waals surface area contributed by atoms with E-state index in [4.69, 9.17) is 0 Å². The van der Waals surface area contributed by atoms with Crippen LogP contribution in [-0.2, 0) is 14.4 Å². The second-order valence-corrected chi connectivity index (χ2v) is 9.45. The lowest BCUT2D eigenvalue weighted by Gasteiger charge is -2.36. The van der Waals surface area contributed by atoms with Crippen LogP contribution in [0, 0.1) is 28.9 Å². The van der Waals surface area contributed by atoms with E-state index in [1.165, 1.54) is 29.2 Å². The molecule has 37 heavy (non-hydrogen) atoms. The molecule has 4 unspecified atom stereocenters. The number of nitro benzene ring substituents is 1. The third-order valence-corrected chi connectivity index (χ3v) is 7.32. The SMILES string of the molecule is Cc1ccc(N2C(=O)C3C(C2=O)C(C(=O)Nc2ccc([N+](=O)[O-])cc2)N2c4ccccc4C=CC32)cc1. The van der Waals surface area contributed by atoms with Crippen molar-refractivity contribution >= 4 is 46.5 Å². The quantitative estimate of drug-likeness (QED) is 0.334. The number of anilines is 3. The van der Waals surface area contributed by atoms with E-state index >= 15 is 0 Å². The minimum absolute atomic E-state index is 0.0978. The molecule has 3 aliphatic heterocycles. The molecule has 3 aromatic rings. The van der Waals surface area contributed by atoms with Gasteiger partial charge >= 0.3 is 0 Å². The number of carbonyl (C=O) groups excluding carboxylic acids is 3. The molecular formula is C28H22N4O5. The number of amides is 3. The van der Waals surface area contributed by atoms with Crippen LogP contribution in [0.5, 0.6) is 0 Å². The summed E-state index contributed by atoms with van der Waals surface area (Å²) in [5.41, 5.74) is 3.42. The molecule has 0 aromatic heterocycles. The van der Waals surface area contributed by atoms with Gasteiger partial charge in [-0.25, -0.2) is 4.90 Å². The van der Waals surface area contributed by atoms with E-state index in [0.717, 1.165) is 16.8 Å². The Morgan fingerprint density at radius 3 is 2.30 bits per heavy atom. The normalized spacial score (nSPS) is 23.5. The second kappa shape index (κ2) is 8.41. The Morgan fingerprint density at radius 1 is 0.919 bits per heavy atom. The molecule has 9 nitrogen and oxygen atoms in total. The zero-order chi connectivity index (χ0) is 25.8. The number of nitrogens with zero attached hydrogens (tertiary/aromatic N) is 3. The lowest BCUT2D eigenvalue weighted by Crippen LogP contribution is -2.50. The molecular weight excluding hydrogens is 472 g/mol. The van der Waals surface area contributed by atoms with Crippen LogP contribution in [0.3, 0.4) is 0 Å². The lowest BCUT2D eigenvalue weighted by atomic mass is 9.88. The van der Waals surface area contributed by atoms with Gasteiger partial charge in [0.25, 0.3) is 5.69 Å². The van der Waals surface area contributed by atoms with Crippen LogP contribution < -0.4 is 15.1 Å². The van der Waals surface area contributed by atoms with E-state index in [-0.39, 0.29) is 11.6 Å². The number of aryl methyl sites for hydroxylation is 1. The van der Waals surface area contributed by atoms with Crippen LogP contribution in [0.25, 0.3) is 6.08 Å². The van der Waals surface area contributed by atoms with Crippen molar-refractivity contribution in [2.75, 3.05) is 15.1 Å². The van der Waals surface area contributed by atoms with Gasteiger partial charge in [0.15, 0.2) is 0 Å². The summed E-state index contributed by atoms with van der Waals surface area (Å²) in [5.74, 6) is -2.83. The number of carbonyl (C=O) groups is 3. The Labute approximate surface area is 212 Å². The maximum absolute atomic E-state index is 13.8. The largest absolute Gasteiger partial charge is 0.351 e. The molecule has 4 atom stereocenters. The van der Waals surface area contributed by atoms with Gasteiger partial charge in [-0.15, -0.1) is 0 Å². The second-order valence-electron chi connectivity index (χ2n) is 9.45. The van der Waals surface area contributed by atoms with Gasteiger partial charge in [-0.1, -0.05) is 48.0 Å². The summed E-state index contributed by atoms with van der Waals surface area (Å²) in [6.07, 6.45) is 3.82. The van der Waals surface area contributed by atoms with Crippen LogP contribution in [0.15, 0.2) is 78.9 Å². The van der Waals surface area contributed by atoms with Crippen molar-refractivity contribution in [1.82, 2.24) is 0 Å². The number of para-hydroxylation sites is 1. The Hall–Kier alpha value is -4.79. The molecule has 0 bridgehead atoms. The van der Waals surface area contributed by atoms with E-state index in [2.05, 4.69) is 5.32 Å². The summed E-state index contributed by atoms with van der Waals surface area (Å²) in [5, 5.41) is 13.8. The number of imide groups is 1. The molecule has 3 aliphatic rings. The number of hydrogen-bond acceptors (Lipinski definition) is 6. The molecule has 3 amide bonds. The molecule has 6 rings (SSSR count). The monoisotopic (exact) mass is 494 g/mol. The van der Waals surface area contributed by atoms with Crippen LogP contribution >= 0.6 is 0 Å². The number of fused-ring (bicyclic) bond motifs is 5. The average molecular weight is 495 g/mol. The summed E-state index contributed by atoms with van der Waals surface area (Å²) in [6.45, 7) is 1.92. The zero-order valence-corrected chi connectivity index (χ0v) is 19.8. The fraction of sp³-hybridized carbons (Fsp3) is 0.179. The van der Waals surface area contributed by atoms with E-state index in [1.807, 2.05) is 60.4 Å². The fourth-order valence-electron chi connectivity index (χ4n) is 5.64. The summed E-state index contributed by atoms with van der Waals surface area (Å²) in [4.78, 5) is 54.9. The Bertz CT molecular complexity index is 1480. The van der Waals surface area contributed by atoms with E-state index in [1.54, 1.807) is 12.1 Å². The molecule has 0 aliphatic carbocycles. The summed E-state index contributed by atoms with van der Waals surface area (Å²) >= 11 is 0. The van der Waals surface area contributed by atoms with Crippen molar-refractivity contribution in [3.05, 3.63) is 100 Å². The van der Waals surface area contributed by atoms with Crippen molar-refractivity contribution in [1.29, 1.82) is 0 Å². The van der Waals surface area contributed by atoms with E-state index in [0.29, 0.717) is 11.4 Å². The first-order valence-electron chi connectivity index (χ1n) is 11.9. The minimum Gasteiger partial charge on any atom is -0.351 e. The molecule has 3 heterocycles. The maximum atomic E-state index is 13.8. The molecule has 1 N–H and O–H groups in total. The van der Waals surface area contributed by atoms with Crippen molar-refractivity contribution < 1.29 is 19.3 Å². The molecule has 3 aromatic carbocycles. The Morgan fingerprint density at radius 2 is 1.59 bits per heavy atom. The zero-order valence-electron chi connectivity index (χ0n) is 19.8. The van der Waals surface area contributed by atoms with Gasteiger partial charge in [0.2, 0.25) is 17.7 Å². The van der Waals surface area contributed by atoms with Crippen LogP contribution in [0.4, 0.5) is 22.7 Å². The highest BCUT2D eigenvalue weighted by Crippen LogP contribution is 2.49. The summed E-state index contributed by atoms with van der Waals surface area (Å²) < 4.78 is 0. The minimum atomic E-state index is -0.955. The van der Waals surface area contributed by atoms with Gasteiger partial charge < -0.3 is 10.2 Å². The third kappa shape index (κ3) is 3.50. The van der Waals surface area contributed by atoms with Gasteiger partial charge in [-0.2, -0.15) is 0 Å². The molecule has 0 radical (unpaired) electrons. The Balaban J connectivity index is 1.40. The first-order chi connectivity index (χ1) is 17.8. The van der Waals surface area contributed by atoms with Crippen LogP contribution in [0.2, 0.25) is 0 Å². The van der Waals surface area contributed by atoms with E-state index < -0.39 is 40.7 Å². The number of non-ortho nitro benzene ring substituents is 1. The van der Waals surface area contributed by atoms with Gasteiger partial charge in [-0.3, -0.25) is 24.5 Å². The molecule has 2 saturated heterocycles. The van der Waals surface area contributed by atoms with Gasteiger partial charge in [-0.05, 0) is 42.8 Å². The smallest absolute Gasteiger partial charge is 0.269 e. The van der Waals surface area contributed by atoms with Crippen molar-refractivity contribution in [2.45, 2.75) is 19.0 Å². The third-order valence-electron chi connectivity index (χ3n) is 7.32. The first kappa shape index (κ1) is 22.7. The van der Waals surface area contributed by atoms with Crippen LogP contribution in [0.1, 0.15) is 11.1 Å². The predicted molar refractivity (Wildman–Crippen MR) is 138 cm³/mol. The molecule has 2 fully saturated rings. The first-order valence-corrected chi connectivity index (χ1v) is 11.9. The van der Waals surface area contributed by atoms with Gasteiger partial charge in [0, 0.05) is 23.5 Å². The topological polar surface area (TPSA) is 113 Å². The number of nitrogens with one attached hydrogen (secondary N) is 1. The van der Waals surface area contributed by atoms with Crippen molar-refractivity contribution in [3.8, 4) is 0 Å². The highest BCUT2D eigenvalue weighted by Gasteiger charge is 2.64. The highest BCUT2D eigenvalue weighted by molar-refractivity contribution is 6.25. The fourth-order valence-corrected chi connectivity index (χ4v) is 5.64. The molecule has 0 spiro atoms. The van der Waals surface area contributed by atoms with E-state index in [9.17, 15) is 24.5 Å². The number of rotatable bonds is 4. The van der Waals surface area contributed by atoms with Crippen molar-refractivity contribution in [3.63, 3.8) is 0 Å². The predicted octanol–water partition coefficient (Wildman–Crippen LogP) is 3.93. The molecule has 0 saturated carbocycles. The number of hydrogen-bond donors (Lipinski definition) is 1. The lowest BCUT2D eigenvalue weighted by molar-refractivity contribution is -0.384. The Kier molecular flexibility index (Phi) is 5.15. The maximum Gasteiger partial charge on any atom is 0.269 e. The standard InChI is InChI=1S/C28H22N4O5/c1-16-6-11-19(12-7-16)30-27(34)23-22-15-8-17-4-2-3-5-21(17)31(22)25(24(23)28(30)35)26(33)29-18-9-13-20(14-10-18)32(36)37/h2-15,22-25H,1H3,(H,29,33). The molecule has 9 heteroatoms. The van der Waals surface area contributed by atoms with Crippen LogP contribution in [-0.4, -0.2) is 34.7 Å². The highest BCUT2D eigenvalue weighted by atomic mass is 16.6. The van der Waals surface area contributed by atoms with Crippen molar-refractivity contribution in [2.24, 2.45) is 11.8 Å². The number of benzene rings is 3. The van der Waals surface area contributed by atoms with Gasteiger partial charge in [0.05, 0.1) is 28.5 Å². The summed E-state index contributed by atoms with van der Waals surface area (Å²) in [6, 6.07) is 18.8.